The van der Waals surface area contributed by atoms with E-state index in [4.69, 9.17) is 4.74 Å². The van der Waals surface area contributed by atoms with Crippen molar-refractivity contribution in [2.45, 2.75) is 63.0 Å². The summed E-state index contributed by atoms with van der Waals surface area (Å²) in [6.07, 6.45) is 3.89. The van der Waals surface area contributed by atoms with Gasteiger partial charge in [-0.25, -0.2) is 4.79 Å². The van der Waals surface area contributed by atoms with Crippen LogP contribution in [0.4, 0.5) is 13.2 Å². The van der Waals surface area contributed by atoms with Crippen LogP contribution in [0.15, 0.2) is 60.4 Å². The number of carbonyl (C=O) groups is 1. The summed E-state index contributed by atoms with van der Waals surface area (Å²) >= 11 is 0. The minimum Gasteiger partial charge on any atom is -0.478 e. The van der Waals surface area contributed by atoms with Crippen molar-refractivity contribution in [3.8, 4) is 5.75 Å². The number of ether oxygens (including phenoxy) is 1. The number of rotatable bonds is 7. The number of halogens is 3. The summed E-state index contributed by atoms with van der Waals surface area (Å²) in [4.78, 5) is 11.8. The average molecular weight is 551 g/mol. The molecule has 1 N–H and O–H groups in total. The van der Waals surface area contributed by atoms with E-state index in [1.165, 1.54) is 6.08 Å². The maximum atomic E-state index is 13.0. The minimum atomic E-state index is -5.71. The van der Waals surface area contributed by atoms with Crippen LogP contribution in [-0.2, 0) is 31.9 Å². The molecule has 2 aromatic rings. The maximum absolute atomic E-state index is 13.0. The van der Waals surface area contributed by atoms with Crippen LogP contribution < -0.4 is 4.74 Å². The monoisotopic (exact) mass is 550 g/mol. The van der Waals surface area contributed by atoms with Gasteiger partial charge < -0.3 is 14.0 Å². The average Bonchev–Trinajstić information content (AvgIpc) is 3.18. The molecular formula is C28H29F3O6S. The number of carboxylic acid groups (broad SMARTS) is 1. The number of aryl methyl sites for hydroxylation is 1. The number of benzene rings is 2. The molecule has 0 heterocycles. The second-order valence-corrected chi connectivity index (χ2v) is 12.2. The molecule has 5 rings (SSSR count). The first-order valence-corrected chi connectivity index (χ1v) is 14.1. The molecular weight excluding hydrogens is 521 g/mol. The molecule has 0 aromatic heterocycles. The van der Waals surface area contributed by atoms with Gasteiger partial charge >= 0.3 is 21.6 Å². The number of hydrogen-bond donors (Lipinski definition) is 1. The van der Waals surface area contributed by atoms with Crippen LogP contribution in [0, 0.1) is 17.3 Å². The lowest BCUT2D eigenvalue weighted by atomic mass is 9.55. The predicted octanol–water partition coefficient (Wildman–Crippen LogP) is 5.98. The number of allylic oxidation sites excluding steroid dienone is 2. The van der Waals surface area contributed by atoms with E-state index < -0.39 is 33.1 Å². The molecule has 1 unspecified atom stereocenters. The minimum absolute atomic E-state index is 0.0222. The van der Waals surface area contributed by atoms with Crippen molar-refractivity contribution in [3.63, 3.8) is 0 Å². The molecule has 0 radical (unpaired) electrons. The maximum Gasteiger partial charge on any atom is 0.534 e. The molecule has 3 aliphatic carbocycles. The highest BCUT2D eigenvalue weighted by molar-refractivity contribution is 7.87. The first-order valence-electron chi connectivity index (χ1n) is 12.7. The van der Waals surface area contributed by atoms with Crippen molar-refractivity contribution in [1.29, 1.82) is 0 Å². The van der Waals surface area contributed by atoms with E-state index in [-0.39, 0.29) is 29.9 Å². The summed E-state index contributed by atoms with van der Waals surface area (Å²) in [5, 5.41) is 9.70. The highest BCUT2D eigenvalue weighted by Crippen LogP contribution is 2.61. The lowest BCUT2D eigenvalue weighted by Crippen LogP contribution is -2.42. The Bertz CT molecular complexity index is 1350. The Morgan fingerprint density at radius 2 is 1.89 bits per heavy atom. The molecule has 0 aliphatic heterocycles. The SMILES string of the molecule is C[C@]12CC[C@@H]3c4ccc(OC(Cc5ccccc5)C(=O)O)cc4CC[C@H]3[C@@H]1CC=C2OS(=O)(=O)C(F)(F)F. The Balaban J connectivity index is 1.32. The van der Waals surface area contributed by atoms with Crippen molar-refractivity contribution >= 4 is 16.1 Å². The molecule has 1 fully saturated rings. The fraction of sp³-hybridized carbons (Fsp3) is 0.464. The Morgan fingerprint density at radius 1 is 1.16 bits per heavy atom. The predicted molar refractivity (Wildman–Crippen MR) is 133 cm³/mol. The molecule has 5 atom stereocenters. The van der Waals surface area contributed by atoms with Gasteiger partial charge in [0.2, 0.25) is 0 Å². The van der Waals surface area contributed by atoms with Crippen molar-refractivity contribution in [1.82, 2.24) is 0 Å². The standard InChI is InChI=1S/C28H29F3O6S/c1-27-14-13-21-20-10-8-19(36-24(26(32)33)15-17-5-3-2-4-6-17)16-18(20)7-9-22(21)23(27)11-12-25(27)37-38(34,35)28(29,30)31/h2-6,8,10,12,16,21-24H,7,9,11,13-15H2,1H3,(H,32,33)/t21-,22-,23+,24?,27+/m1/s1. The van der Waals surface area contributed by atoms with Gasteiger partial charge in [0, 0.05) is 11.8 Å². The van der Waals surface area contributed by atoms with Crippen LogP contribution in [0.25, 0.3) is 0 Å². The third kappa shape index (κ3) is 4.79. The summed E-state index contributed by atoms with van der Waals surface area (Å²) in [5.41, 5.74) is -3.15. The third-order valence-corrected chi connectivity index (χ3v) is 9.47. The second kappa shape index (κ2) is 9.63. The normalized spacial score (nSPS) is 27.4. The number of hydrogen-bond acceptors (Lipinski definition) is 5. The third-order valence-electron chi connectivity index (χ3n) is 8.51. The Morgan fingerprint density at radius 3 is 2.58 bits per heavy atom. The molecule has 38 heavy (non-hydrogen) atoms. The quantitative estimate of drug-likeness (QED) is 0.337. The van der Waals surface area contributed by atoms with Crippen molar-refractivity contribution < 1.29 is 40.4 Å². The van der Waals surface area contributed by atoms with Crippen LogP contribution in [-0.4, -0.2) is 31.1 Å². The van der Waals surface area contributed by atoms with Crippen LogP contribution in [0.3, 0.4) is 0 Å². The van der Waals surface area contributed by atoms with Crippen molar-refractivity contribution in [2.75, 3.05) is 0 Å². The molecule has 204 valence electrons. The largest absolute Gasteiger partial charge is 0.534 e. The van der Waals surface area contributed by atoms with Gasteiger partial charge in [-0.1, -0.05) is 43.3 Å². The van der Waals surface area contributed by atoms with Crippen LogP contribution >= 0.6 is 0 Å². The zero-order valence-electron chi connectivity index (χ0n) is 20.8. The zero-order valence-corrected chi connectivity index (χ0v) is 21.6. The first kappa shape index (κ1) is 26.6. The van der Waals surface area contributed by atoms with Crippen LogP contribution in [0.2, 0.25) is 0 Å². The van der Waals surface area contributed by atoms with E-state index in [2.05, 4.69) is 4.18 Å². The molecule has 6 nitrogen and oxygen atoms in total. The molecule has 0 amide bonds. The summed E-state index contributed by atoms with van der Waals surface area (Å²) < 4.78 is 72.8. The van der Waals surface area contributed by atoms with Crippen molar-refractivity contribution in [2.24, 2.45) is 17.3 Å². The van der Waals surface area contributed by atoms with Gasteiger partial charge in [0.1, 0.15) is 11.5 Å². The van der Waals surface area contributed by atoms with Gasteiger partial charge in [-0.3, -0.25) is 0 Å². The van der Waals surface area contributed by atoms with E-state index in [0.29, 0.717) is 31.4 Å². The number of fused-ring (bicyclic) bond motifs is 5. The molecule has 3 aliphatic rings. The lowest BCUT2D eigenvalue weighted by molar-refractivity contribution is -0.145. The van der Waals surface area contributed by atoms with Gasteiger partial charge in [-0.05, 0) is 84.8 Å². The second-order valence-electron chi connectivity index (χ2n) is 10.7. The Hall–Kier alpha value is -3.01. The number of carboxylic acids is 1. The Labute approximate surface area is 219 Å². The summed E-state index contributed by atoms with van der Waals surface area (Å²) in [5.74, 6) is -0.322. The number of aliphatic carboxylic acids is 1. The molecule has 0 bridgehead atoms. The van der Waals surface area contributed by atoms with Gasteiger partial charge in [0.15, 0.2) is 6.10 Å². The van der Waals surface area contributed by atoms with Gasteiger partial charge in [-0.2, -0.15) is 21.6 Å². The fourth-order valence-electron chi connectivity index (χ4n) is 6.63. The highest BCUT2D eigenvalue weighted by atomic mass is 32.2. The zero-order chi connectivity index (χ0) is 27.3. The molecule has 0 saturated heterocycles. The number of alkyl halides is 3. The molecule has 10 heteroatoms. The first-order chi connectivity index (χ1) is 17.9. The summed E-state index contributed by atoms with van der Waals surface area (Å²) in [6.45, 7) is 1.81. The highest BCUT2D eigenvalue weighted by Gasteiger charge is 2.56. The van der Waals surface area contributed by atoms with Gasteiger partial charge in [0.05, 0.1) is 0 Å². The van der Waals surface area contributed by atoms with E-state index >= 15 is 0 Å². The van der Waals surface area contributed by atoms with E-state index in [1.807, 2.05) is 49.4 Å². The lowest BCUT2D eigenvalue weighted by Gasteiger charge is -2.49. The van der Waals surface area contributed by atoms with E-state index in [1.54, 1.807) is 6.07 Å². The molecule has 2 aromatic carbocycles. The molecule has 0 spiro atoms. The van der Waals surface area contributed by atoms with Gasteiger partial charge in [-0.15, -0.1) is 0 Å². The van der Waals surface area contributed by atoms with E-state index in [0.717, 1.165) is 23.1 Å². The smallest absolute Gasteiger partial charge is 0.478 e. The topological polar surface area (TPSA) is 89.9 Å². The van der Waals surface area contributed by atoms with E-state index in [9.17, 15) is 31.5 Å². The van der Waals surface area contributed by atoms with Crippen LogP contribution in [0.1, 0.15) is 55.2 Å². The summed E-state index contributed by atoms with van der Waals surface area (Å²) in [6, 6.07) is 14.9. The fourth-order valence-corrected chi connectivity index (χ4v) is 7.22. The van der Waals surface area contributed by atoms with Crippen molar-refractivity contribution in [3.05, 3.63) is 77.1 Å². The Kier molecular flexibility index (Phi) is 6.74. The van der Waals surface area contributed by atoms with Gasteiger partial charge in [0.25, 0.3) is 0 Å². The molecule has 1 saturated carbocycles. The summed E-state index contributed by atoms with van der Waals surface area (Å²) in [7, 11) is -5.71. The van der Waals surface area contributed by atoms with Crippen LogP contribution in [0.5, 0.6) is 5.75 Å².